The Kier molecular flexibility index (Phi) is 3.41. The van der Waals surface area contributed by atoms with E-state index < -0.39 is 5.97 Å². The number of benzene rings is 1. The topological polar surface area (TPSA) is 61.4 Å². The first kappa shape index (κ1) is 11.0. The Labute approximate surface area is 94.7 Å². The van der Waals surface area contributed by atoms with Gasteiger partial charge in [0.15, 0.2) is 0 Å². The fourth-order valence-electron chi connectivity index (χ4n) is 2.04. The van der Waals surface area contributed by atoms with Crippen molar-refractivity contribution in [3.05, 3.63) is 30.3 Å². The van der Waals surface area contributed by atoms with Crippen molar-refractivity contribution in [3.63, 3.8) is 0 Å². The molecule has 1 saturated heterocycles. The highest BCUT2D eigenvalue weighted by Gasteiger charge is 2.30. The van der Waals surface area contributed by atoms with Crippen molar-refractivity contribution in [2.75, 3.05) is 18.4 Å². The van der Waals surface area contributed by atoms with E-state index in [0.717, 1.165) is 18.7 Å². The van der Waals surface area contributed by atoms with Gasteiger partial charge in [-0.3, -0.25) is 4.79 Å². The number of anilines is 1. The van der Waals surface area contributed by atoms with Crippen LogP contribution in [-0.2, 0) is 4.79 Å². The molecule has 4 nitrogen and oxygen atoms in total. The molecule has 0 radical (unpaired) electrons. The van der Waals surface area contributed by atoms with Gasteiger partial charge in [-0.15, -0.1) is 0 Å². The van der Waals surface area contributed by atoms with Crippen LogP contribution in [0.2, 0.25) is 0 Å². The van der Waals surface area contributed by atoms with E-state index in [1.165, 1.54) is 0 Å². The van der Waals surface area contributed by atoms with E-state index in [4.69, 9.17) is 5.11 Å². The minimum atomic E-state index is -0.736. The van der Waals surface area contributed by atoms with Crippen molar-refractivity contribution >= 4 is 11.7 Å². The molecule has 1 aromatic carbocycles. The van der Waals surface area contributed by atoms with E-state index in [1.54, 1.807) is 0 Å². The van der Waals surface area contributed by atoms with Crippen LogP contribution in [0.3, 0.4) is 0 Å². The lowest BCUT2D eigenvalue weighted by Crippen LogP contribution is -2.47. The first-order chi connectivity index (χ1) is 7.77. The molecule has 0 aliphatic carbocycles. The lowest BCUT2D eigenvalue weighted by Gasteiger charge is -2.30. The minimum Gasteiger partial charge on any atom is -0.481 e. The molecule has 1 aliphatic rings. The van der Waals surface area contributed by atoms with E-state index in [2.05, 4.69) is 10.6 Å². The van der Waals surface area contributed by atoms with Crippen LogP contribution in [0, 0.1) is 5.92 Å². The molecule has 2 rings (SSSR count). The van der Waals surface area contributed by atoms with Gasteiger partial charge in [0.1, 0.15) is 0 Å². The summed E-state index contributed by atoms with van der Waals surface area (Å²) in [4.78, 5) is 11.1. The maximum atomic E-state index is 11.1. The lowest BCUT2D eigenvalue weighted by atomic mass is 9.93. The molecule has 1 fully saturated rings. The Morgan fingerprint density at radius 1 is 1.38 bits per heavy atom. The van der Waals surface area contributed by atoms with Crippen LogP contribution < -0.4 is 10.6 Å². The Morgan fingerprint density at radius 2 is 2.12 bits per heavy atom. The molecule has 0 spiro atoms. The zero-order valence-electron chi connectivity index (χ0n) is 9.02. The lowest BCUT2D eigenvalue weighted by molar-refractivity contribution is -0.142. The van der Waals surface area contributed by atoms with Crippen molar-refractivity contribution in [3.8, 4) is 0 Å². The number of para-hydroxylation sites is 1. The number of carbonyl (C=O) groups is 1. The number of carboxylic acids is 1. The van der Waals surface area contributed by atoms with E-state index in [1.807, 2.05) is 30.3 Å². The Bertz CT molecular complexity index is 353. The average Bonchev–Trinajstić information content (AvgIpc) is 2.31. The summed E-state index contributed by atoms with van der Waals surface area (Å²) < 4.78 is 0. The molecular formula is C12H16N2O2. The average molecular weight is 220 g/mol. The second-order valence-corrected chi connectivity index (χ2v) is 4.05. The second-order valence-electron chi connectivity index (χ2n) is 4.05. The van der Waals surface area contributed by atoms with Gasteiger partial charge in [0, 0.05) is 18.3 Å². The van der Waals surface area contributed by atoms with Crippen LogP contribution in [0.15, 0.2) is 30.3 Å². The highest BCUT2D eigenvalue weighted by Crippen LogP contribution is 2.17. The first-order valence-electron chi connectivity index (χ1n) is 5.52. The highest BCUT2D eigenvalue weighted by atomic mass is 16.4. The van der Waals surface area contributed by atoms with Gasteiger partial charge in [-0.2, -0.15) is 0 Å². The summed E-state index contributed by atoms with van der Waals surface area (Å²) in [6.07, 6.45) is 0.839. The molecule has 86 valence electrons. The number of aliphatic carboxylic acids is 1. The van der Waals surface area contributed by atoms with Crippen molar-refractivity contribution in [2.45, 2.75) is 12.5 Å². The van der Waals surface area contributed by atoms with Gasteiger partial charge in [-0.1, -0.05) is 18.2 Å². The van der Waals surface area contributed by atoms with Crippen LogP contribution in [0.5, 0.6) is 0 Å². The number of hydrogen-bond acceptors (Lipinski definition) is 3. The van der Waals surface area contributed by atoms with Gasteiger partial charge < -0.3 is 15.7 Å². The van der Waals surface area contributed by atoms with Gasteiger partial charge >= 0.3 is 5.97 Å². The van der Waals surface area contributed by atoms with Crippen LogP contribution in [0.25, 0.3) is 0 Å². The van der Waals surface area contributed by atoms with E-state index >= 15 is 0 Å². The van der Waals surface area contributed by atoms with E-state index in [-0.39, 0.29) is 12.0 Å². The molecule has 3 N–H and O–H groups in total. The summed E-state index contributed by atoms with van der Waals surface area (Å²) in [7, 11) is 0. The number of nitrogens with one attached hydrogen (secondary N) is 2. The normalized spacial score (nSPS) is 25.0. The maximum Gasteiger partial charge on any atom is 0.309 e. The Balaban J connectivity index is 2.04. The summed E-state index contributed by atoms with van der Waals surface area (Å²) in [6.45, 7) is 1.41. The Morgan fingerprint density at radius 3 is 2.81 bits per heavy atom. The molecule has 0 amide bonds. The van der Waals surface area contributed by atoms with Crippen molar-refractivity contribution in [2.24, 2.45) is 5.92 Å². The van der Waals surface area contributed by atoms with Crippen LogP contribution in [0.1, 0.15) is 6.42 Å². The van der Waals surface area contributed by atoms with Gasteiger partial charge in [0.25, 0.3) is 0 Å². The van der Waals surface area contributed by atoms with Gasteiger partial charge in [0.2, 0.25) is 0 Å². The molecule has 2 unspecified atom stereocenters. The van der Waals surface area contributed by atoms with E-state index in [9.17, 15) is 4.79 Å². The fraction of sp³-hybridized carbons (Fsp3) is 0.417. The molecular weight excluding hydrogens is 204 g/mol. The maximum absolute atomic E-state index is 11.1. The number of piperidine rings is 1. The fourth-order valence-corrected chi connectivity index (χ4v) is 2.04. The largest absolute Gasteiger partial charge is 0.481 e. The molecule has 0 aromatic heterocycles. The van der Waals surface area contributed by atoms with Gasteiger partial charge in [-0.05, 0) is 25.1 Å². The zero-order chi connectivity index (χ0) is 11.4. The van der Waals surface area contributed by atoms with Crippen molar-refractivity contribution in [1.29, 1.82) is 0 Å². The monoisotopic (exact) mass is 220 g/mol. The summed E-state index contributed by atoms with van der Waals surface area (Å²) in [5.74, 6) is -1.09. The SMILES string of the molecule is O=C(O)C1CNCCC1Nc1ccccc1. The minimum absolute atomic E-state index is 0.0150. The van der Waals surface area contributed by atoms with Crippen molar-refractivity contribution in [1.82, 2.24) is 5.32 Å². The molecule has 16 heavy (non-hydrogen) atoms. The number of rotatable bonds is 3. The molecule has 1 heterocycles. The van der Waals surface area contributed by atoms with Crippen LogP contribution in [0.4, 0.5) is 5.69 Å². The summed E-state index contributed by atoms with van der Waals surface area (Å²) >= 11 is 0. The predicted molar refractivity (Wildman–Crippen MR) is 62.5 cm³/mol. The van der Waals surface area contributed by atoms with Crippen LogP contribution >= 0.6 is 0 Å². The number of carboxylic acid groups (broad SMARTS) is 1. The summed E-state index contributed by atoms with van der Waals surface area (Å²) in [5.41, 5.74) is 0.987. The van der Waals surface area contributed by atoms with Gasteiger partial charge in [0.05, 0.1) is 5.92 Å². The summed E-state index contributed by atoms with van der Waals surface area (Å²) in [5, 5.41) is 15.5. The smallest absolute Gasteiger partial charge is 0.309 e. The quantitative estimate of drug-likeness (QED) is 0.715. The third kappa shape index (κ3) is 2.52. The second kappa shape index (κ2) is 4.99. The third-order valence-electron chi connectivity index (χ3n) is 2.93. The van der Waals surface area contributed by atoms with Crippen LogP contribution in [-0.4, -0.2) is 30.2 Å². The zero-order valence-corrected chi connectivity index (χ0v) is 9.02. The third-order valence-corrected chi connectivity index (χ3v) is 2.93. The predicted octanol–water partition coefficient (Wildman–Crippen LogP) is 1.16. The Hall–Kier alpha value is -1.55. The molecule has 1 aromatic rings. The first-order valence-corrected chi connectivity index (χ1v) is 5.52. The standard InChI is InChI=1S/C12H16N2O2/c15-12(16)10-8-13-7-6-11(10)14-9-4-2-1-3-5-9/h1-5,10-11,13-14H,6-8H2,(H,15,16). The van der Waals surface area contributed by atoms with E-state index in [0.29, 0.717) is 6.54 Å². The van der Waals surface area contributed by atoms with Gasteiger partial charge in [-0.25, -0.2) is 0 Å². The van der Waals surface area contributed by atoms with Crippen molar-refractivity contribution < 1.29 is 9.90 Å². The molecule has 2 atom stereocenters. The molecule has 0 saturated carbocycles. The molecule has 0 bridgehead atoms. The molecule has 4 heteroatoms. The highest BCUT2D eigenvalue weighted by molar-refractivity contribution is 5.72. The summed E-state index contributed by atoms with van der Waals surface area (Å²) in [6, 6.07) is 9.77. The molecule has 1 aliphatic heterocycles. The number of hydrogen-bond donors (Lipinski definition) is 3.